The highest BCUT2D eigenvalue weighted by Gasteiger charge is 2.26. The Bertz CT molecular complexity index is 1080. The van der Waals surface area contributed by atoms with E-state index in [1.54, 1.807) is 12.1 Å². The molecule has 0 radical (unpaired) electrons. The van der Waals surface area contributed by atoms with Gasteiger partial charge in [-0.3, -0.25) is 9.79 Å². The second-order valence-corrected chi connectivity index (χ2v) is 8.52. The number of hydrogen-bond acceptors (Lipinski definition) is 6. The number of nitrogens with one attached hydrogen (secondary N) is 2. The molecule has 152 valence electrons. The molecule has 0 saturated heterocycles. The Balaban J connectivity index is 2.07. The molecule has 1 heterocycles. The smallest absolute Gasteiger partial charge is 0.252 e. The predicted octanol–water partition coefficient (Wildman–Crippen LogP) is 3.37. The van der Waals surface area contributed by atoms with Crippen molar-refractivity contribution in [1.29, 1.82) is 0 Å². The van der Waals surface area contributed by atoms with Crippen LogP contribution in [-0.4, -0.2) is 24.3 Å². The van der Waals surface area contributed by atoms with Gasteiger partial charge in [-0.15, -0.1) is 4.37 Å². The third-order valence-corrected chi connectivity index (χ3v) is 5.05. The zero-order valence-corrected chi connectivity index (χ0v) is 17.2. The zero-order chi connectivity index (χ0) is 21.2. The van der Waals surface area contributed by atoms with Crippen molar-refractivity contribution in [2.75, 3.05) is 5.32 Å². The Morgan fingerprint density at radius 1 is 1.24 bits per heavy atom. The molecule has 3 rings (SSSR count). The first-order chi connectivity index (χ1) is 13.7. The van der Waals surface area contributed by atoms with Crippen molar-refractivity contribution in [3.05, 3.63) is 65.1 Å². The fourth-order valence-corrected chi connectivity index (χ4v) is 3.61. The minimum atomic E-state index is -1.71. The molecule has 9 heteroatoms. The summed E-state index contributed by atoms with van der Waals surface area (Å²) in [5, 5.41) is 13.2. The number of H-pyrrole nitrogens is 1. The molecule has 1 aromatic heterocycles. The van der Waals surface area contributed by atoms with E-state index in [0.717, 1.165) is 5.56 Å². The number of nitrogens with two attached hydrogens (primary N) is 1. The molecule has 8 nitrogen and oxygen atoms in total. The average Bonchev–Trinajstić information content (AvgIpc) is 3.00. The Kier molecular flexibility index (Phi) is 5.71. The van der Waals surface area contributed by atoms with Crippen molar-refractivity contribution in [2.45, 2.75) is 26.8 Å². The van der Waals surface area contributed by atoms with Gasteiger partial charge < -0.3 is 20.7 Å². The molecular formula is C20H23N5O3S. The minimum absolute atomic E-state index is 0.0296. The highest BCUT2D eigenvalue weighted by Crippen LogP contribution is 2.36. The fourth-order valence-electron chi connectivity index (χ4n) is 2.95. The number of aromatic amines is 1. The Morgan fingerprint density at radius 3 is 2.55 bits per heavy atom. The third kappa shape index (κ3) is 4.64. The molecule has 0 bridgehead atoms. The third-order valence-electron chi connectivity index (χ3n) is 4.33. The van der Waals surface area contributed by atoms with Gasteiger partial charge in [0.1, 0.15) is 0 Å². The molecule has 0 aliphatic carbocycles. The van der Waals surface area contributed by atoms with E-state index in [1.807, 2.05) is 30.3 Å². The first-order valence-corrected chi connectivity index (χ1v) is 10.1. The van der Waals surface area contributed by atoms with Crippen molar-refractivity contribution in [2.24, 2.45) is 16.1 Å². The van der Waals surface area contributed by atoms with Gasteiger partial charge in [0.2, 0.25) is 11.3 Å². The van der Waals surface area contributed by atoms with Crippen molar-refractivity contribution >= 4 is 28.6 Å². The normalized spacial score (nSPS) is 13.9. The van der Waals surface area contributed by atoms with Gasteiger partial charge in [0.05, 0.1) is 17.3 Å². The van der Waals surface area contributed by atoms with Crippen LogP contribution in [0, 0.1) is 5.41 Å². The van der Waals surface area contributed by atoms with Crippen molar-refractivity contribution in [3.63, 3.8) is 0 Å². The lowest BCUT2D eigenvalue weighted by Crippen LogP contribution is -2.21. The van der Waals surface area contributed by atoms with Crippen LogP contribution in [0.25, 0.3) is 0 Å². The number of carbonyl (C=O) groups is 1. The summed E-state index contributed by atoms with van der Waals surface area (Å²) < 4.78 is 18.8. The second kappa shape index (κ2) is 8.06. The van der Waals surface area contributed by atoms with Crippen LogP contribution in [0.4, 0.5) is 11.5 Å². The van der Waals surface area contributed by atoms with Gasteiger partial charge in [-0.1, -0.05) is 57.2 Å². The number of hydrogen-bond donors (Lipinski definition) is 4. The van der Waals surface area contributed by atoms with Crippen LogP contribution >= 0.6 is 11.1 Å². The van der Waals surface area contributed by atoms with Gasteiger partial charge in [0, 0.05) is 4.37 Å². The number of rotatable bonds is 5. The van der Waals surface area contributed by atoms with E-state index in [2.05, 4.69) is 34.8 Å². The molecule has 29 heavy (non-hydrogen) atoms. The lowest BCUT2D eigenvalue weighted by Gasteiger charge is -2.27. The van der Waals surface area contributed by atoms with Crippen LogP contribution < -0.4 is 16.5 Å². The summed E-state index contributed by atoms with van der Waals surface area (Å²) >= 11 is -1.71. The number of phenols is 1. The molecule has 0 aliphatic rings. The van der Waals surface area contributed by atoms with Gasteiger partial charge >= 0.3 is 0 Å². The standard InChI is InChI=1S/C20H23N5O3S/c1-20(2,3)16(12-8-5-4-6-9-12)23-19-18(24-29(28)25-19)22-14-11-7-10-13(15(14)26)17(21)27/h4-11,16,26H,1-3H3,(H2,21,27)(H,22,24)(H,23,25)/t16-,29?/m0/s1. The summed E-state index contributed by atoms with van der Waals surface area (Å²) in [4.78, 5) is 16.2. The summed E-state index contributed by atoms with van der Waals surface area (Å²) in [6.07, 6.45) is 0. The number of primary amides is 1. The number of aromatic hydroxyl groups is 1. The predicted molar refractivity (Wildman–Crippen MR) is 111 cm³/mol. The number of carbonyl (C=O) groups excluding carboxylic acids is 1. The maximum atomic E-state index is 12.0. The van der Waals surface area contributed by atoms with E-state index in [0.29, 0.717) is 5.49 Å². The monoisotopic (exact) mass is 413 g/mol. The summed E-state index contributed by atoms with van der Waals surface area (Å²) in [6, 6.07) is 14.1. The summed E-state index contributed by atoms with van der Waals surface area (Å²) in [5.41, 5.74) is 6.54. The van der Waals surface area contributed by atoms with Gasteiger partial charge in [0.25, 0.3) is 5.91 Å². The molecule has 1 amide bonds. The quantitative estimate of drug-likeness (QED) is 0.375. The van der Waals surface area contributed by atoms with E-state index in [4.69, 9.17) is 10.7 Å². The van der Waals surface area contributed by atoms with Gasteiger partial charge in [-0.25, -0.2) is 0 Å². The second-order valence-electron chi connectivity index (χ2n) is 7.64. The van der Waals surface area contributed by atoms with Crippen molar-refractivity contribution in [3.8, 4) is 5.75 Å². The number of anilines is 2. The van der Waals surface area contributed by atoms with E-state index in [-0.39, 0.29) is 34.3 Å². The van der Waals surface area contributed by atoms with Crippen LogP contribution in [0.1, 0.15) is 42.7 Å². The van der Waals surface area contributed by atoms with E-state index in [1.165, 1.54) is 6.07 Å². The molecule has 0 spiro atoms. The number of para-hydroxylation sites is 1. The van der Waals surface area contributed by atoms with Crippen LogP contribution in [-0.2, 0) is 0 Å². The van der Waals surface area contributed by atoms with E-state index < -0.39 is 17.0 Å². The van der Waals surface area contributed by atoms with E-state index >= 15 is 0 Å². The van der Waals surface area contributed by atoms with Gasteiger partial charge in [-0.2, -0.15) is 0 Å². The molecule has 0 aliphatic heterocycles. The molecule has 0 saturated carbocycles. The molecule has 3 aromatic rings. The number of benzene rings is 2. The van der Waals surface area contributed by atoms with Gasteiger partial charge in [0.15, 0.2) is 16.9 Å². The topological polar surface area (TPSA) is 139 Å². The largest absolute Gasteiger partial charge is 0.548 e. The Labute approximate surface area is 171 Å². The van der Waals surface area contributed by atoms with Gasteiger partial charge in [-0.05, 0) is 23.1 Å². The van der Waals surface area contributed by atoms with Crippen LogP contribution in [0.5, 0.6) is 5.75 Å². The lowest BCUT2D eigenvalue weighted by molar-refractivity contribution is 0.0998. The van der Waals surface area contributed by atoms with Crippen molar-refractivity contribution in [1.82, 2.24) is 8.75 Å². The molecule has 2 aromatic carbocycles. The fraction of sp³-hybridized carbons (Fsp3) is 0.250. The summed E-state index contributed by atoms with van der Waals surface area (Å²) in [6.45, 7) is 6.19. The molecule has 1 unspecified atom stereocenters. The maximum absolute atomic E-state index is 12.0. The highest BCUT2D eigenvalue weighted by atomic mass is 32.2. The molecule has 0 fully saturated rings. The van der Waals surface area contributed by atoms with Crippen LogP contribution in [0.2, 0.25) is 0 Å². The average molecular weight is 414 g/mol. The van der Waals surface area contributed by atoms with Crippen LogP contribution in [0.3, 0.4) is 0 Å². The highest BCUT2D eigenvalue weighted by molar-refractivity contribution is 7.13. The van der Waals surface area contributed by atoms with E-state index in [9.17, 15) is 14.5 Å². The van der Waals surface area contributed by atoms with Crippen molar-refractivity contribution < 1.29 is 14.5 Å². The summed E-state index contributed by atoms with van der Waals surface area (Å²) in [5.74, 6) is -0.868. The number of nitrogens with zero attached hydrogens (tertiary/aromatic N) is 2. The van der Waals surface area contributed by atoms with Crippen LogP contribution in [0.15, 0.2) is 53.5 Å². The SMILES string of the molecule is CC(C)(C)[C@@H](N=c1[nH][s+]([O-])nc1Nc1cccc(C(N)=O)c1O)c1ccccc1. The zero-order valence-electron chi connectivity index (χ0n) is 16.3. The minimum Gasteiger partial charge on any atom is -0.548 e. The maximum Gasteiger partial charge on any atom is 0.252 e. The first kappa shape index (κ1) is 20.6. The molecule has 5 N–H and O–H groups in total. The number of aromatic nitrogens is 2. The Hall–Kier alpha value is -3.17. The number of amides is 1. The summed E-state index contributed by atoms with van der Waals surface area (Å²) in [7, 11) is 0. The first-order valence-electron chi connectivity index (χ1n) is 8.96. The molecular weight excluding hydrogens is 390 g/mol. The Morgan fingerprint density at radius 2 is 1.93 bits per heavy atom. The lowest BCUT2D eigenvalue weighted by atomic mass is 9.83. The molecule has 2 atom stereocenters.